The Balaban J connectivity index is 1.73. The van der Waals surface area contributed by atoms with Gasteiger partial charge < -0.3 is 24.4 Å². The summed E-state index contributed by atoms with van der Waals surface area (Å²) in [4.78, 5) is 35.6. The van der Waals surface area contributed by atoms with Crippen molar-refractivity contribution in [3.8, 4) is 5.75 Å². The topological polar surface area (TPSA) is 109 Å². The molecule has 1 amide bonds. The summed E-state index contributed by atoms with van der Waals surface area (Å²) in [5.74, 6) is -1.48. The van der Waals surface area contributed by atoms with Gasteiger partial charge in [0.15, 0.2) is 6.10 Å². The zero-order valence-electron chi connectivity index (χ0n) is 16.1. The van der Waals surface area contributed by atoms with Gasteiger partial charge in [0, 0.05) is 17.0 Å². The number of ether oxygens (including phenoxy) is 1. The van der Waals surface area contributed by atoms with Gasteiger partial charge in [-0.3, -0.25) is 4.79 Å². The summed E-state index contributed by atoms with van der Waals surface area (Å²) in [7, 11) is 0. The van der Waals surface area contributed by atoms with Crippen LogP contribution < -0.4 is 20.8 Å². The van der Waals surface area contributed by atoms with Crippen molar-refractivity contribution in [2.75, 3.05) is 0 Å². The fourth-order valence-electron chi connectivity index (χ4n) is 3.54. The third-order valence-electron chi connectivity index (χ3n) is 5.07. The lowest BCUT2D eigenvalue weighted by Crippen LogP contribution is -2.51. The molecule has 0 bridgehead atoms. The normalized spacial score (nSPS) is 15.1. The van der Waals surface area contributed by atoms with Crippen LogP contribution in [0.2, 0.25) is 0 Å². The van der Waals surface area contributed by atoms with E-state index in [1.54, 1.807) is 12.1 Å². The number of carbonyl (C=O) groups excluding carboxylic acids is 2. The highest BCUT2D eigenvalue weighted by atomic mass is 16.5. The Morgan fingerprint density at radius 2 is 2.04 bits per heavy atom. The van der Waals surface area contributed by atoms with E-state index in [1.165, 1.54) is 6.92 Å². The average molecular weight is 386 g/mol. The molecule has 0 fully saturated rings. The summed E-state index contributed by atoms with van der Waals surface area (Å²) in [6, 6.07) is 4.09. The third-order valence-corrected chi connectivity index (χ3v) is 5.07. The molecule has 1 aliphatic carbocycles. The summed E-state index contributed by atoms with van der Waals surface area (Å²) < 4.78 is 11.0. The van der Waals surface area contributed by atoms with Gasteiger partial charge in [0.25, 0.3) is 5.91 Å². The van der Waals surface area contributed by atoms with Gasteiger partial charge in [-0.15, -0.1) is 0 Å². The van der Waals surface area contributed by atoms with Gasteiger partial charge in [-0.25, -0.2) is 4.79 Å². The van der Waals surface area contributed by atoms with Crippen LogP contribution in [0, 0.1) is 0 Å². The van der Waals surface area contributed by atoms with Gasteiger partial charge in [0.1, 0.15) is 11.3 Å². The first-order valence-corrected chi connectivity index (χ1v) is 9.67. The zero-order valence-corrected chi connectivity index (χ0v) is 16.1. The van der Waals surface area contributed by atoms with Crippen LogP contribution in [-0.4, -0.2) is 24.0 Å². The number of nitrogens with one attached hydrogen (secondary N) is 1. The SMILES string of the molecule is CCCC[C@H](NC(=O)[C@@H](C)Oc1ccc2c3c(c(=O)oc2c1)CCC3)C(=O)[O-]. The van der Waals surface area contributed by atoms with Gasteiger partial charge in [0.05, 0.1) is 12.0 Å². The molecule has 0 saturated heterocycles. The van der Waals surface area contributed by atoms with Crippen LogP contribution in [0.1, 0.15) is 50.7 Å². The summed E-state index contributed by atoms with van der Waals surface area (Å²) in [6.45, 7) is 3.47. The Morgan fingerprint density at radius 1 is 1.29 bits per heavy atom. The molecule has 2 aromatic rings. The Bertz CT molecular complexity index is 948. The van der Waals surface area contributed by atoms with Crippen LogP contribution >= 0.6 is 0 Å². The minimum Gasteiger partial charge on any atom is -0.548 e. The smallest absolute Gasteiger partial charge is 0.339 e. The van der Waals surface area contributed by atoms with Crippen molar-refractivity contribution in [2.24, 2.45) is 0 Å². The molecule has 3 rings (SSSR count). The number of carbonyl (C=O) groups is 2. The number of aliphatic carboxylic acids is 1. The second-order valence-corrected chi connectivity index (χ2v) is 7.14. The third kappa shape index (κ3) is 4.18. The van der Waals surface area contributed by atoms with Crippen molar-refractivity contribution in [2.45, 2.75) is 64.5 Å². The van der Waals surface area contributed by atoms with Crippen LogP contribution in [0.4, 0.5) is 0 Å². The first-order chi connectivity index (χ1) is 13.4. The molecular formula is C21H24NO6-. The number of benzene rings is 1. The van der Waals surface area contributed by atoms with E-state index in [0.29, 0.717) is 24.2 Å². The number of carboxylic acid groups (broad SMARTS) is 1. The van der Waals surface area contributed by atoms with Crippen molar-refractivity contribution >= 4 is 22.8 Å². The van der Waals surface area contributed by atoms with Crippen LogP contribution in [0.15, 0.2) is 27.4 Å². The van der Waals surface area contributed by atoms with Gasteiger partial charge in [-0.2, -0.15) is 0 Å². The minimum atomic E-state index is -1.31. The molecule has 1 aromatic carbocycles. The molecule has 7 heteroatoms. The van der Waals surface area contributed by atoms with Gasteiger partial charge >= 0.3 is 5.63 Å². The van der Waals surface area contributed by atoms with Crippen LogP contribution in [0.3, 0.4) is 0 Å². The molecule has 1 N–H and O–H groups in total. The molecule has 0 unspecified atom stereocenters. The number of fused-ring (bicyclic) bond motifs is 3. The molecule has 1 heterocycles. The summed E-state index contributed by atoms with van der Waals surface area (Å²) in [5, 5.41) is 14.5. The minimum absolute atomic E-state index is 0.309. The lowest BCUT2D eigenvalue weighted by molar-refractivity contribution is -0.308. The van der Waals surface area contributed by atoms with Crippen molar-refractivity contribution in [1.29, 1.82) is 0 Å². The summed E-state index contributed by atoms with van der Waals surface area (Å²) in [5.41, 5.74) is 1.87. The number of unbranched alkanes of at least 4 members (excludes halogenated alkanes) is 1. The first kappa shape index (κ1) is 19.9. The predicted octanol–water partition coefficient (Wildman–Crippen LogP) is 1.47. The second-order valence-electron chi connectivity index (χ2n) is 7.14. The highest BCUT2D eigenvalue weighted by Gasteiger charge is 2.22. The van der Waals surface area contributed by atoms with E-state index < -0.39 is 24.0 Å². The van der Waals surface area contributed by atoms with Crippen molar-refractivity contribution in [3.05, 3.63) is 39.7 Å². The number of amides is 1. The number of aryl methyl sites for hydroxylation is 1. The predicted molar refractivity (Wildman–Crippen MR) is 101 cm³/mol. The Labute approximate surface area is 162 Å². The molecule has 150 valence electrons. The van der Waals surface area contributed by atoms with Gasteiger partial charge in [-0.05, 0) is 50.3 Å². The highest BCUT2D eigenvalue weighted by Crippen LogP contribution is 2.29. The maximum Gasteiger partial charge on any atom is 0.339 e. The largest absolute Gasteiger partial charge is 0.548 e. The standard InChI is InChI=1S/C21H25NO6/c1-3-4-8-17(20(24)25)22-19(23)12(2)27-13-9-10-15-14-6-5-7-16(14)21(26)28-18(15)11-13/h9-12,17H,3-8H2,1-2H3,(H,22,23)(H,24,25)/p-1/t12-,17+/m1/s1. The lowest BCUT2D eigenvalue weighted by atomic mass is 10.1. The molecule has 1 aromatic heterocycles. The Morgan fingerprint density at radius 3 is 2.75 bits per heavy atom. The van der Waals surface area contributed by atoms with Crippen molar-refractivity contribution in [3.63, 3.8) is 0 Å². The van der Waals surface area contributed by atoms with E-state index in [2.05, 4.69) is 5.32 Å². The van der Waals surface area contributed by atoms with E-state index in [-0.39, 0.29) is 5.63 Å². The van der Waals surface area contributed by atoms with Crippen LogP contribution in [0.25, 0.3) is 11.0 Å². The Hall–Kier alpha value is -2.83. The molecule has 1 aliphatic rings. The molecule has 7 nitrogen and oxygen atoms in total. The second kappa shape index (κ2) is 8.46. The molecule has 0 saturated carbocycles. The van der Waals surface area contributed by atoms with E-state index >= 15 is 0 Å². The molecule has 2 atom stereocenters. The van der Waals surface area contributed by atoms with Crippen molar-refractivity contribution in [1.82, 2.24) is 5.32 Å². The van der Waals surface area contributed by atoms with E-state index in [4.69, 9.17) is 9.15 Å². The zero-order chi connectivity index (χ0) is 20.3. The van der Waals surface area contributed by atoms with Gasteiger partial charge in [-0.1, -0.05) is 19.8 Å². The average Bonchev–Trinajstić information content (AvgIpc) is 3.15. The summed E-state index contributed by atoms with van der Waals surface area (Å²) in [6.07, 6.45) is 3.40. The molecule has 0 spiro atoms. The number of hydrogen-bond acceptors (Lipinski definition) is 6. The fourth-order valence-corrected chi connectivity index (χ4v) is 3.54. The van der Waals surface area contributed by atoms with Crippen LogP contribution in [0.5, 0.6) is 5.75 Å². The monoisotopic (exact) mass is 386 g/mol. The number of carboxylic acids is 1. The van der Waals surface area contributed by atoms with E-state index in [9.17, 15) is 19.5 Å². The summed E-state index contributed by atoms with van der Waals surface area (Å²) >= 11 is 0. The number of hydrogen-bond donors (Lipinski definition) is 1. The van der Waals surface area contributed by atoms with Crippen molar-refractivity contribution < 1.29 is 23.8 Å². The fraction of sp³-hybridized carbons (Fsp3) is 0.476. The first-order valence-electron chi connectivity index (χ1n) is 9.67. The Kier molecular flexibility index (Phi) is 6.02. The van der Waals surface area contributed by atoms with E-state index in [1.807, 2.05) is 13.0 Å². The number of rotatable bonds is 8. The lowest BCUT2D eigenvalue weighted by Gasteiger charge is -2.22. The maximum absolute atomic E-state index is 12.3. The van der Waals surface area contributed by atoms with Crippen LogP contribution in [-0.2, 0) is 22.4 Å². The van der Waals surface area contributed by atoms with Gasteiger partial charge in [0.2, 0.25) is 0 Å². The molecule has 0 radical (unpaired) electrons. The molecule has 28 heavy (non-hydrogen) atoms. The van der Waals surface area contributed by atoms with E-state index in [0.717, 1.165) is 42.2 Å². The quantitative estimate of drug-likeness (QED) is 0.688. The highest BCUT2D eigenvalue weighted by molar-refractivity contribution is 5.86. The molecule has 0 aliphatic heterocycles. The molecular weight excluding hydrogens is 362 g/mol. The maximum atomic E-state index is 12.3.